The smallest absolute Gasteiger partial charge is 0.238 e. The van der Waals surface area contributed by atoms with Crippen LogP contribution in [-0.2, 0) is 4.79 Å². The van der Waals surface area contributed by atoms with Gasteiger partial charge in [0, 0.05) is 16.5 Å². The average molecular weight is 441 g/mol. The number of carbonyl (C=O) groups excluding carboxylic acids is 1. The van der Waals surface area contributed by atoms with Gasteiger partial charge in [0.2, 0.25) is 17.6 Å². The summed E-state index contributed by atoms with van der Waals surface area (Å²) in [6.07, 6.45) is 1.73. The van der Waals surface area contributed by atoms with Crippen LogP contribution >= 0.6 is 11.6 Å². The molecule has 8 heteroatoms. The quantitative estimate of drug-likeness (QED) is 0.606. The van der Waals surface area contributed by atoms with Crippen molar-refractivity contribution in [3.8, 4) is 17.1 Å². The third-order valence-corrected chi connectivity index (χ3v) is 5.73. The fourth-order valence-corrected chi connectivity index (χ4v) is 3.90. The van der Waals surface area contributed by atoms with Crippen molar-refractivity contribution in [2.24, 2.45) is 0 Å². The minimum Gasteiger partial charge on any atom is -0.495 e. The van der Waals surface area contributed by atoms with Gasteiger partial charge in [-0.15, -0.1) is 0 Å². The zero-order valence-electron chi connectivity index (χ0n) is 17.6. The Balaban J connectivity index is 1.30. The number of ether oxygens (including phenoxy) is 1. The number of nitrogens with zero attached hydrogens (tertiary/aromatic N) is 3. The van der Waals surface area contributed by atoms with E-state index in [1.807, 2.05) is 31.2 Å². The second-order valence-electron chi connectivity index (χ2n) is 7.77. The highest BCUT2D eigenvalue weighted by molar-refractivity contribution is 6.31. The molecule has 1 aliphatic rings. The Labute approximate surface area is 186 Å². The Morgan fingerprint density at radius 2 is 1.97 bits per heavy atom. The molecule has 0 bridgehead atoms. The van der Waals surface area contributed by atoms with Gasteiger partial charge in [0.1, 0.15) is 5.75 Å². The molecule has 1 aromatic heterocycles. The molecule has 31 heavy (non-hydrogen) atoms. The molecule has 0 saturated carbocycles. The fourth-order valence-electron chi connectivity index (χ4n) is 3.73. The first-order chi connectivity index (χ1) is 15.0. The number of likely N-dealkylation sites (tertiary alicyclic amines) is 1. The van der Waals surface area contributed by atoms with Crippen molar-refractivity contribution in [2.75, 3.05) is 32.1 Å². The van der Waals surface area contributed by atoms with Crippen molar-refractivity contribution < 1.29 is 14.1 Å². The van der Waals surface area contributed by atoms with Crippen LogP contribution in [0.15, 0.2) is 47.0 Å². The second kappa shape index (κ2) is 9.49. The van der Waals surface area contributed by atoms with E-state index < -0.39 is 0 Å². The highest BCUT2D eigenvalue weighted by Crippen LogP contribution is 2.30. The molecule has 2 heterocycles. The molecular formula is C23H25ClN4O3. The van der Waals surface area contributed by atoms with Crippen LogP contribution < -0.4 is 10.1 Å². The maximum Gasteiger partial charge on any atom is 0.238 e. The number of hydrogen-bond acceptors (Lipinski definition) is 6. The van der Waals surface area contributed by atoms with Crippen LogP contribution in [0.4, 0.5) is 5.69 Å². The number of aryl methyl sites for hydroxylation is 1. The lowest BCUT2D eigenvalue weighted by molar-refractivity contribution is -0.117. The van der Waals surface area contributed by atoms with Crippen LogP contribution in [-0.4, -0.2) is 47.7 Å². The number of hydrogen-bond donors (Lipinski definition) is 1. The Morgan fingerprint density at radius 1 is 1.23 bits per heavy atom. The number of piperidine rings is 1. The number of halogens is 1. The molecule has 2 aromatic carbocycles. The zero-order valence-corrected chi connectivity index (χ0v) is 18.4. The van der Waals surface area contributed by atoms with E-state index in [1.54, 1.807) is 25.3 Å². The van der Waals surface area contributed by atoms with Crippen LogP contribution in [0, 0.1) is 6.92 Å². The van der Waals surface area contributed by atoms with Crippen molar-refractivity contribution >= 4 is 23.2 Å². The maximum absolute atomic E-state index is 12.5. The van der Waals surface area contributed by atoms with Gasteiger partial charge >= 0.3 is 0 Å². The Morgan fingerprint density at radius 3 is 2.68 bits per heavy atom. The van der Waals surface area contributed by atoms with E-state index >= 15 is 0 Å². The standard InChI is InChI=1S/C23H25ClN4O3/c1-15-3-5-16(6-4-15)22-26-23(31-27-22)17-9-11-28(12-10-17)14-21(29)25-19-13-18(24)7-8-20(19)30-2/h3-8,13,17H,9-12,14H2,1-2H3,(H,25,29). The predicted octanol–water partition coefficient (Wildman–Crippen LogP) is 4.53. The summed E-state index contributed by atoms with van der Waals surface area (Å²) in [6, 6.07) is 13.2. The molecule has 162 valence electrons. The first-order valence-electron chi connectivity index (χ1n) is 10.3. The molecule has 1 N–H and O–H groups in total. The van der Waals surface area contributed by atoms with Gasteiger partial charge < -0.3 is 14.6 Å². The summed E-state index contributed by atoms with van der Waals surface area (Å²) < 4.78 is 10.8. The van der Waals surface area contributed by atoms with Gasteiger partial charge in [-0.2, -0.15) is 4.98 Å². The fraction of sp³-hybridized carbons (Fsp3) is 0.348. The summed E-state index contributed by atoms with van der Waals surface area (Å²) in [5.41, 5.74) is 2.72. The summed E-state index contributed by atoms with van der Waals surface area (Å²) in [5.74, 6) is 1.98. The Kier molecular flexibility index (Phi) is 6.53. The number of aromatic nitrogens is 2. The lowest BCUT2D eigenvalue weighted by Gasteiger charge is -2.29. The second-order valence-corrected chi connectivity index (χ2v) is 8.20. The highest BCUT2D eigenvalue weighted by Gasteiger charge is 2.26. The number of anilines is 1. The van der Waals surface area contributed by atoms with Crippen LogP contribution in [0.2, 0.25) is 5.02 Å². The van der Waals surface area contributed by atoms with Gasteiger partial charge in [0.15, 0.2) is 0 Å². The molecule has 4 rings (SSSR count). The lowest BCUT2D eigenvalue weighted by Crippen LogP contribution is -2.38. The van der Waals surface area contributed by atoms with Crippen LogP contribution in [0.1, 0.15) is 30.2 Å². The van der Waals surface area contributed by atoms with Crippen molar-refractivity contribution in [3.05, 3.63) is 58.9 Å². The highest BCUT2D eigenvalue weighted by atomic mass is 35.5. The van der Waals surface area contributed by atoms with Gasteiger partial charge in [-0.05, 0) is 51.1 Å². The summed E-state index contributed by atoms with van der Waals surface area (Å²) in [7, 11) is 1.56. The number of nitrogens with one attached hydrogen (secondary N) is 1. The molecule has 1 saturated heterocycles. The van der Waals surface area contributed by atoms with Crippen LogP contribution in [0.25, 0.3) is 11.4 Å². The summed E-state index contributed by atoms with van der Waals surface area (Å²) >= 11 is 6.03. The zero-order chi connectivity index (χ0) is 21.8. The lowest BCUT2D eigenvalue weighted by atomic mass is 9.97. The topological polar surface area (TPSA) is 80.5 Å². The number of amides is 1. The molecule has 3 aromatic rings. The number of methoxy groups -OCH3 is 1. The number of rotatable bonds is 6. The Hall–Kier alpha value is -2.90. The minimum atomic E-state index is -0.0986. The van der Waals surface area contributed by atoms with E-state index in [4.69, 9.17) is 20.9 Å². The molecular weight excluding hydrogens is 416 g/mol. The molecule has 0 unspecified atom stereocenters. The van der Waals surface area contributed by atoms with E-state index in [0.29, 0.717) is 34.7 Å². The van der Waals surface area contributed by atoms with E-state index in [9.17, 15) is 4.79 Å². The normalized spacial score (nSPS) is 15.1. The Bertz CT molecular complexity index is 1040. The van der Waals surface area contributed by atoms with Gasteiger partial charge in [0.25, 0.3) is 0 Å². The maximum atomic E-state index is 12.5. The van der Waals surface area contributed by atoms with Crippen LogP contribution in [0.3, 0.4) is 0 Å². The summed E-state index contributed by atoms with van der Waals surface area (Å²) in [5, 5.41) is 7.57. The van der Waals surface area contributed by atoms with E-state index in [0.717, 1.165) is 31.5 Å². The first-order valence-corrected chi connectivity index (χ1v) is 10.7. The van der Waals surface area contributed by atoms with E-state index in [1.165, 1.54) is 5.56 Å². The predicted molar refractivity (Wildman–Crippen MR) is 120 cm³/mol. The molecule has 0 spiro atoms. The largest absolute Gasteiger partial charge is 0.495 e. The van der Waals surface area contributed by atoms with Crippen LogP contribution in [0.5, 0.6) is 5.75 Å². The van der Waals surface area contributed by atoms with Gasteiger partial charge in [-0.3, -0.25) is 9.69 Å². The average Bonchev–Trinajstić information content (AvgIpc) is 3.25. The van der Waals surface area contributed by atoms with Crippen molar-refractivity contribution in [3.63, 3.8) is 0 Å². The molecule has 1 aliphatic heterocycles. The molecule has 1 amide bonds. The molecule has 1 fully saturated rings. The summed E-state index contributed by atoms with van der Waals surface area (Å²) in [4.78, 5) is 19.2. The van der Waals surface area contributed by atoms with Crippen molar-refractivity contribution in [1.82, 2.24) is 15.0 Å². The monoisotopic (exact) mass is 440 g/mol. The minimum absolute atomic E-state index is 0.0986. The molecule has 0 radical (unpaired) electrons. The van der Waals surface area contributed by atoms with Crippen molar-refractivity contribution in [1.29, 1.82) is 0 Å². The third-order valence-electron chi connectivity index (χ3n) is 5.49. The third kappa shape index (κ3) is 5.24. The summed E-state index contributed by atoms with van der Waals surface area (Å²) in [6.45, 7) is 3.92. The molecule has 0 atom stereocenters. The molecule has 0 aliphatic carbocycles. The van der Waals surface area contributed by atoms with E-state index in [2.05, 4.69) is 20.4 Å². The van der Waals surface area contributed by atoms with Gasteiger partial charge in [-0.25, -0.2) is 0 Å². The van der Waals surface area contributed by atoms with Crippen molar-refractivity contribution in [2.45, 2.75) is 25.7 Å². The SMILES string of the molecule is COc1ccc(Cl)cc1NC(=O)CN1CCC(c2nc(-c3ccc(C)cc3)no2)CC1. The van der Waals surface area contributed by atoms with Gasteiger partial charge in [-0.1, -0.05) is 46.6 Å². The number of benzene rings is 2. The van der Waals surface area contributed by atoms with Gasteiger partial charge in [0.05, 0.1) is 19.3 Å². The first kappa shape index (κ1) is 21.3. The van der Waals surface area contributed by atoms with E-state index in [-0.39, 0.29) is 11.8 Å². The number of carbonyl (C=O) groups is 1. The molecule has 7 nitrogen and oxygen atoms in total.